The van der Waals surface area contributed by atoms with Crippen molar-refractivity contribution in [2.45, 2.75) is 6.92 Å². The Hall–Kier alpha value is -4.06. The Kier molecular flexibility index (Phi) is 5.22. The van der Waals surface area contributed by atoms with Gasteiger partial charge in [-0.2, -0.15) is 0 Å². The predicted molar refractivity (Wildman–Crippen MR) is 116 cm³/mol. The van der Waals surface area contributed by atoms with Gasteiger partial charge in [-0.15, -0.1) is 0 Å². The number of benzene rings is 3. The van der Waals surface area contributed by atoms with Crippen molar-refractivity contribution in [2.24, 2.45) is 0 Å². The molecule has 6 nitrogen and oxygen atoms in total. The summed E-state index contributed by atoms with van der Waals surface area (Å²) in [6.45, 7) is 1.91. The number of hydrogen-bond acceptors (Lipinski definition) is 4. The van der Waals surface area contributed by atoms with Crippen LogP contribution >= 0.6 is 0 Å². The third kappa shape index (κ3) is 3.89. The van der Waals surface area contributed by atoms with E-state index < -0.39 is 5.91 Å². The van der Waals surface area contributed by atoms with Gasteiger partial charge in [0, 0.05) is 16.6 Å². The van der Waals surface area contributed by atoms with Crippen LogP contribution in [0.4, 0.5) is 11.4 Å². The smallest absolute Gasteiger partial charge is 0.293 e. The minimum atomic E-state index is -0.462. The minimum Gasteiger partial charge on any atom is -0.497 e. The van der Waals surface area contributed by atoms with E-state index in [1.54, 1.807) is 55.6 Å². The van der Waals surface area contributed by atoms with Crippen LogP contribution in [0.5, 0.6) is 5.75 Å². The summed E-state index contributed by atoms with van der Waals surface area (Å²) in [5, 5.41) is 6.29. The molecule has 1 heterocycles. The van der Waals surface area contributed by atoms with Gasteiger partial charge in [0.1, 0.15) is 17.0 Å². The topological polar surface area (TPSA) is 80.6 Å². The van der Waals surface area contributed by atoms with Gasteiger partial charge in [-0.25, -0.2) is 0 Å². The number of carbonyl (C=O) groups is 2. The number of aryl methyl sites for hydroxylation is 1. The van der Waals surface area contributed by atoms with Gasteiger partial charge in [0.25, 0.3) is 11.8 Å². The first-order valence-corrected chi connectivity index (χ1v) is 9.40. The number of methoxy groups -OCH3 is 1. The number of rotatable bonds is 5. The maximum atomic E-state index is 12.9. The van der Waals surface area contributed by atoms with Crippen molar-refractivity contribution in [3.8, 4) is 5.75 Å². The number of furan rings is 1. The number of hydrogen-bond donors (Lipinski definition) is 2. The third-order valence-electron chi connectivity index (χ3n) is 4.67. The van der Waals surface area contributed by atoms with Crippen LogP contribution in [0.15, 0.2) is 77.2 Å². The minimum absolute atomic E-state index is 0.0352. The van der Waals surface area contributed by atoms with E-state index in [0.717, 1.165) is 5.56 Å². The van der Waals surface area contributed by atoms with Gasteiger partial charge in [0.05, 0.1) is 7.11 Å². The number of para-hydroxylation sites is 1. The van der Waals surface area contributed by atoms with E-state index in [1.807, 2.05) is 31.2 Å². The summed E-state index contributed by atoms with van der Waals surface area (Å²) in [5.41, 5.74) is 2.90. The van der Waals surface area contributed by atoms with Crippen molar-refractivity contribution in [2.75, 3.05) is 17.7 Å². The second-order valence-electron chi connectivity index (χ2n) is 6.81. The van der Waals surface area contributed by atoms with E-state index in [0.29, 0.717) is 33.7 Å². The molecule has 4 aromatic rings. The van der Waals surface area contributed by atoms with Crippen molar-refractivity contribution in [3.63, 3.8) is 0 Å². The molecule has 0 saturated carbocycles. The average Bonchev–Trinajstić information content (AvgIpc) is 3.13. The highest BCUT2D eigenvalue weighted by molar-refractivity contribution is 6.16. The molecule has 2 N–H and O–H groups in total. The summed E-state index contributed by atoms with van der Waals surface area (Å²) in [6, 6.07) is 21.4. The molecule has 0 unspecified atom stereocenters. The maximum absolute atomic E-state index is 12.9. The molecule has 0 radical (unpaired) electrons. The van der Waals surface area contributed by atoms with E-state index in [4.69, 9.17) is 9.15 Å². The summed E-state index contributed by atoms with van der Waals surface area (Å²) in [7, 11) is 1.57. The van der Waals surface area contributed by atoms with Crippen LogP contribution in [0.3, 0.4) is 0 Å². The highest BCUT2D eigenvalue weighted by atomic mass is 16.5. The molecule has 0 saturated heterocycles. The standard InChI is InChI=1S/C24H20N2O4/c1-15-6-5-7-16(14-15)23(27)26-21-19-8-3-4-9-20(19)30-22(21)24(28)25-17-10-12-18(29-2)13-11-17/h3-14H,1-2H3,(H,25,28)(H,26,27). The zero-order valence-electron chi connectivity index (χ0n) is 16.6. The number of anilines is 2. The molecule has 0 aliphatic rings. The molecule has 30 heavy (non-hydrogen) atoms. The molecule has 3 aromatic carbocycles. The van der Waals surface area contributed by atoms with Crippen LogP contribution < -0.4 is 15.4 Å². The normalized spacial score (nSPS) is 10.6. The van der Waals surface area contributed by atoms with Crippen molar-refractivity contribution < 1.29 is 18.7 Å². The molecular formula is C24H20N2O4. The Labute approximate surface area is 173 Å². The predicted octanol–water partition coefficient (Wildman–Crippen LogP) is 5.25. The molecule has 0 fully saturated rings. The average molecular weight is 400 g/mol. The SMILES string of the molecule is COc1ccc(NC(=O)c2oc3ccccc3c2NC(=O)c2cccc(C)c2)cc1. The molecule has 0 aliphatic carbocycles. The number of fused-ring (bicyclic) bond motifs is 1. The first kappa shape index (κ1) is 19.3. The molecule has 4 rings (SSSR count). The van der Waals surface area contributed by atoms with Gasteiger partial charge in [-0.05, 0) is 55.5 Å². The fourth-order valence-corrected chi connectivity index (χ4v) is 3.16. The largest absolute Gasteiger partial charge is 0.497 e. The number of carbonyl (C=O) groups excluding carboxylic acids is 2. The fraction of sp³-hybridized carbons (Fsp3) is 0.0833. The first-order chi connectivity index (χ1) is 14.5. The lowest BCUT2D eigenvalue weighted by atomic mass is 10.1. The Morgan fingerprint density at radius 1 is 0.867 bits per heavy atom. The monoisotopic (exact) mass is 400 g/mol. The lowest BCUT2D eigenvalue weighted by Crippen LogP contribution is -2.17. The lowest BCUT2D eigenvalue weighted by molar-refractivity contribution is 0.0999. The van der Waals surface area contributed by atoms with E-state index >= 15 is 0 Å². The van der Waals surface area contributed by atoms with Gasteiger partial charge in [-0.3, -0.25) is 9.59 Å². The van der Waals surface area contributed by atoms with E-state index in [9.17, 15) is 9.59 Å². The third-order valence-corrected chi connectivity index (χ3v) is 4.67. The molecule has 150 valence electrons. The molecule has 0 atom stereocenters. The summed E-state index contributed by atoms with van der Waals surface area (Å²) in [6.07, 6.45) is 0. The lowest BCUT2D eigenvalue weighted by Gasteiger charge is -2.08. The number of amides is 2. The summed E-state index contributed by atoms with van der Waals surface area (Å²) in [4.78, 5) is 25.8. The number of ether oxygens (including phenoxy) is 1. The molecule has 0 spiro atoms. The fourth-order valence-electron chi connectivity index (χ4n) is 3.16. The molecule has 6 heteroatoms. The van der Waals surface area contributed by atoms with Crippen LogP contribution in [0, 0.1) is 6.92 Å². The van der Waals surface area contributed by atoms with Crippen molar-refractivity contribution in [1.29, 1.82) is 0 Å². The van der Waals surface area contributed by atoms with Gasteiger partial charge in [0.2, 0.25) is 5.76 Å². The van der Waals surface area contributed by atoms with Crippen molar-refractivity contribution in [1.82, 2.24) is 0 Å². The summed E-state index contributed by atoms with van der Waals surface area (Å²) < 4.78 is 10.9. The highest BCUT2D eigenvalue weighted by Crippen LogP contribution is 2.32. The molecule has 0 bridgehead atoms. The molecule has 0 aliphatic heterocycles. The quantitative estimate of drug-likeness (QED) is 0.479. The van der Waals surface area contributed by atoms with Gasteiger partial charge in [0.15, 0.2) is 0 Å². The van der Waals surface area contributed by atoms with E-state index in [2.05, 4.69) is 10.6 Å². The number of nitrogens with one attached hydrogen (secondary N) is 2. The van der Waals surface area contributed by atoms with Crippen LogP contribution in [0.1, 0.15) is 26.5 Å². The van der Waals surface area contributed by atoms with Crippen LogP contribution in [0.25, 0.3) is 11.0 Å². The van der Waals surface area contributed by atoms with E-state index in [1.165, 1.54) is 0 Å². The zero-order valence-corrected chi connectivity index (χ0v) is 16.6. The second-order valence-corrected chi connectivity index (χ2v) is 6.81. The second kappa shape index (κ2) is 8.13. The Balaban J connectivity index is 1.67. The van der Waals surface area contributed by atoms with Gasteiger partial charge >= 0.3 is 0 Å². The summed E-state index contributed by atoms with van der Waals surface area (Å²) in [5.74, 6) is -0.0597. The maximum Gasteiger partial charge on any atom is 0.293 e. The van der Waals surface area contributed by atoms with Gasteiger partial charge in [-0.1, -0.05) is 29.8 Å². The van der Waals surface area contributed by atoms with Crippen LogP contribution in [0.2, 0.25) is 0 Å². The Bertz CT molecular complexity index is 1230. The van der Waals surface area contributed by atoms with Crippen molar-refractivity contribution in [3.05, 3.63) is 89.7 Å². The highest BCUT2D eigenvalue weighted by Gasteiger charge is 2.23. The Morgan fingerprint density at radius 3 is 2.37 bits per heavy atom. The molecule has 1 aromatic heterocycles. The molecular weight excluding hydrogens is 380 g/mol. The van der Waals surface area contributed by atoms with Crippen molar-refractivity contribution >= 4 is 34.2 Å². The van der Waals surface area contributed by atoms with Gasteiger partial charge < -0.3 is 19.8 Å². The first-order valence-electron chi connectivity index (χ1n) is 9.40. The van der Waals surface area contributed by atoms with E-state index in [-0.39, 0.29) is 11.7 Å². The van der Waals surface area contributed by atoms with Crippen LogP contribution in [-0.4, -0.2) is 18.9 Å². The Morgan fingerprint density at radius 2 is 1.63 bits per heavy atom. The zero-order chi connectivity index (χ0) is 21.1. The molecule has 2 amide bonds. The summed E-state index contributed by atoms with van der Waals surface area (Å²) >= 11 is 0. The van der Waals surface area contributed by atoms with Crippen LogP contribution in [-0.2, 0) is 0 Å².